The molecule has 0 radical (unpaired) electrons. The van der Waals surface area contributed by atoms with E-state index in [0.29, 0.717) is 0 Å². The van der Waals surface area contributed by atoms with E-state index in [-0.39, 0.29) is 5.82 Å². The lowest BCUT2D eigenvalue weighted by atomic mass is 9.99. The van der Waals surface area contributed by atoms with Crippen molar-refractivity contribution in [2.75, 3.05) is 12.3 Å². The third-order valence-corrected chi connectivity index (χ3v) is 7.80. The number of aliphatic hydroxyl groups is 1. The molecule has 184 valence electrons. The SMILES string of the molecule is Nc1ccn([C@@H]2O[C@H](COP(=O)(O)OP(=O)(O)OP(=O)(O)O)C(O)[C@@H]2C(F)(F)F)c(=S)n1. The number of phosphoric acid groups is 3. The molecule has 0 bridgehead atoms. The number of hydrogen-bond donors (Lipinski definition) is 6. The molecule has 1 aliphatic heterocycles. The van der Waals surface area contributed by atoms with Gasteiger partial charge in [-0.25, -0.2) is 18.7 Å². The van der Waals surface area contributed by atoms with Gasteiger partial charge in [-0.05, 0) is 18.3 Å². The van der Waals surface area contributed by atoms with Gasteiger partial charge >= 0.3 is 29.6 Å². The van der Waals surface area contributed by atoms with Crippen molar-refractivity contribution in [2.45, 2.75) is 24.6 Å². The average Bonchev–Trinajstić information content (AvgIpc) is 2.86. The Morgan fingerprint density at radius 1 is 1.19 bits per heavy atom. The van der Waals surface area contributed by atoms with E-state index in [0.717, 1.165) is 16.8 Å². The molecule has 22 heteroatoms. The van der Waals surface area contributed by atoms with Gasteiger partial charge in [0.25, 0.3) is 0 Å². The van der Waals surface area contributed by atoms with E-state index in [1.165, 1.54) is 0 Å². The van der Waals surface area contributed by atoms with Crippen molar-refractivity contribution in [3.05, 3.63) is 17.0 Å². The van der Waals surface area contributed by atoms with Crippen LogP contribution in [0.25, 0.3) is 0 Å². The van der Waals surface area contributed by atoms with E-state index >= 15 is 0 Å². The van der Waals surface area contributed by atoms with Gasteiger partial charge in [0.1, 0.15) is 17.8 Å². The smallest absolute Gasteiger partial charge is 0.389 e. The summed E-state index contributed by atoms with van der Waals surface area (Å²) in [7, 11) is -17.1. The highest BCUT2D eigenvalue weighted by Gasteiger charge is 2.58. The van der Waals surface area contributed by atoms with Crippen molar-refractivity contribution in [2.24, 2.45) is 5.92 Å². The van der Waals surface area contributed by atoms with Crippen LogP contribution in [0.15, 0.2) is 12.3 Å². The van der Waals surface area contributed by atoms with E-state index < -0.39 is 65.4 Å². The monoisotopic (exact) mass is 551 g/mol. The Hall–Kier alpha value is -0.780. The summed E-state index contributed by atoms with van der Waals surface area (Å²) in [4.78, 5) is 39.0. The van der Waals surface area contributed by atoms with Crippen LogP contribution in [0.4, 0.5) is 19.0 Å². The molecule has 32 heavy (non-hydrogen) atoms. The Labute approximate surface area is 181 Å². The number of rotatable bonds is 8. The van der Waals surface area contributed by atoms with Crippen LogP contribution in [0.2, 0.25) is 0 Å². The Morgan fingerprint density at radius 2 is 1.78 bits per heavy atom. The maximum absolute atomic E-state index is 13.5. The molecule has 15 nitrogen and oxygen atoms in total. The number of hydrogen-bond acceptors (Lipinski definition) is 11. The van der Waals surface area contributed by atoms with Crippen molar-refractivity contribution in [3.63, 3.8) is 0 Å². The summed E-state index contributed by atoms with van der Waals surface area (Å²) in [6.07, 6.45) is -10.4. The summed E-state index contributed by atoms with van der Waals surface area (Å²) in [5, 5.41) is 10.1. The number of aliphatic hydroxyl groups excluding tert-OH is 1. The quantitative estimate of drug-likeness (QED) is 0.195. The summed E-state index contributed by atoms with van der Waals surface area (Å²) in [6.45, 7) is -1.30. The molecule has 1 fully saturated rings. The number of nitrogens with two attached hydrogens (primary N) is 1. The third kappa shape index (κ3) is 7.36. The van der Waals surface area contributed by atoms with Crippen LogP contribution in [0.3, 0.4) is 0 Å². The predicted octanol–water partition coefficient (Wildman–Crippen LogP) is 0.975. The topological polar surface area (TPSA) is 233 Å². The molecule has 6 atom stereocenters. The maximum Gasteiger partial charge on any atom is 0.490 e. The highest BCUT2D eigenvalue weighted by Crippen LogP contribution is 2.66. The number of nitrogens with zero attached hydrogens (tertiary/aromatic N) is 2. The number of alkyl halides is 3. The zero-order valence-corrected chi connectivity index (χ0v) is 18.6. The van der Waals surface area contributed by atoms with Gasteiger partial charge in [0.05, 0.1) is 12.7 Å². The summed E-state index contributed by atoms with van der Waals surface area (Å²) < 4.78 is 90.7. The predicted molar refractivity (Wildman–Crippen MR) is 96.8 cm³/mol. The second-order valence-electron chi connectivity index (χ2n) is 6.05. The first kappa shape index (κ1) is 27.5. The van der Waals surface area contributed by atoms with Crippen molar-refractivity contribution in [1.29, 1.82) is 0 Å². The lowest BCUT2D eigenvalue weighted by Gasteiger charge is -2.24. The summed E-state index contributed by atoms with van der Waals surface area (Å²) in [6, 6.07) is 1.10. The number of nitrogen functional groups attached to an aromatic ring is 1. The Balaban J connectivity index is 2.20. The summed E-state index contributed by atoms with van der Waals surface area (Å²) in [5.74, 6) is -2.73. The minimum atomic E-state index is -5.84. The van der Waals surface area contributed by atoms with Crippen LogP contribution in [-0.2, 0) is 31.6 Å². The Bertz CT molecular complexity index is 1050. The van der Waals surface area contributed by atoms with Gasteiger partial charge in [0.15, 0.2) is 6.23 Å². The average molecular weight is 551 g/mol. The molecular weight excluding hydrogens is 536 g/mol. The maximum atomic E-state index is 13.5. The van der Waals surface area contributed by atoms with Crippen LogP contribution in [-0.4, -0.2) is 59.2 Å². The Morgan fingerprint density at radius 3 is 2.28 bits per heavy atom. The molecule has 2 rings (SSSR count). The van der Waals surface area contributed by atoms with E-state index in [1.807, 2.05) is 0 Å². The molecule has 1 aliphatic rings. The van der Waals surface area contributed by atoms with Gasteiger partial charge in [-0.1, -0.05) is 0 Å². The number of halogens is 3. The van der Waals surface area contributed by atoms with Crippen molar-refractivity contribution < 1.29 is 69.4 Å². The van der Waals surface area contributed by atoms with Crippen LogP contribution >= 0.6 is 35.7 Å². The van der Waals surface area contributed by atoms with Gasteiger partial charge < -0.3 is 35.2 Å². The molecule has 1 saturated heterocycles. The normalized spacial score (nSPS) is 28.2. The molecule has 3 unspecified atom stereocenters. The highest BCUT2D eigenvalue weighted by molar-refractivity contribution is 7.71. The minimum Gasteiger partial charge on any atom is -0.389 e. The molecule has 1 aromatic rings. The van der Waals surface area contributed by atoms with Crippen molar-refractivity contribution in [3.8, 4) is 0 Å². The van der Waals surface area contributed by atoms with E-state index in [4.69, 9.17) is 37.4 Å². The van der Waals surface area contributed by atoms with Crippen LogP contribution < -0.4 is 5.73 Å². The fourth-order valence-electron chi connectivity index (χ4n) is 2.57. The summed E-state index contributed by atoms with van der Waals surface area (Å²) >= 11 is 4.83. The van der Waals surface area contributed by atoms with E-state index in [2.05, 4.69) is 18.1 Å². The van der Waals surface area contributed by atoms with Gasteiger partial charge in [-0.3, -0.25) is 9.09 Å². The molecule has 0 spiro atoms. The molecule has 0 aromatic carbocycles. The standard InChI is InChI=1S/C10H15F3N3O12P3S/c11-10(12,13)6-7(17)4(26-8(6)16-2-1-5(14)15-9(16)32)3-25-30(21,22)28-31(23,24)27-29(18,19)20/h1-2,4,6-8,17H,3H2,(H,21,22)(H,23,24)(H2,14,15,32)(H2,18,19,20)/t4-,6+,7?,8-/m1/s1. The lowest BCUT2D eigenvalue weighted by Crippen LogP contribution is -2.39. The zero-order valence-electron chi connectivity index (χ0n) is 15.1. The molecule has 0 amide bonds. The van der Waals surface area contributed by atoms with Gasteiger partial charge in [-0.15, -0.1) is 0 Å². The Kier molecular flexibility index (Phi) is 8.12. The van der Waals surface area contributed by atoms with Crippen LogP contribution in [0.1, 0.15) is 6.23 Å². The van der Waals surface area contributed by atoms with Gasteiger partial charge in [0.2, 0.25) is 4.77 Å². The minimum absolute atomic E-state index is 0.113. The molecule has 7 N–H and O–H groups in total. The zero-order chi connectivity index (χ0) is 24.7. The van der Waals surface area contributed by atoms with Crippen molar-refractivity contribution >= 4 is 41.5 Å². The second kappa shape index (κ2) is 9.46. The fraction of sp³-hybridized carbons (Fsp3) is 0.600. The van der Waals surface area contributed by atoms with Gasteiger partial charge in [-0.2, -0.15) is 21.8 Å². The fourth-order valence-corrected chi connectivity index (χ4v) is 5.87. The molecule has 1 aromatic heterocycles. The summed E-state index contributed by atoms with van der Waals surface area (Å²) in [5.41, 5.74) is 5.39. The van der Waals surface area contributed by atoms with E-state index in [9.17, 15) is 36.9 Å². The number of aromatic nitrogens is 2. The molecule has 0 aliphatic carbocycles. The lowest BCUT2D eigenvalue weighted by molar-refractivity contribution is -0.211. The van der Waals surface area contributed by atoms with E-state index in [1.54, 1.807) is 0 Å². The number of anilines is 1. The van der Waals surface area contributed by atoms with Crippen LogP contribution in [0.5, 0.6) is 0 Å². The first-order valence-corrected chi connectivity index (χ1v) is 12.8. The highest BCUT2D eigenvalue weighted by atomic mass is 32.1. The first-order valence-electron chi connectivity index (χ1n) is 7.84. The van der Waals surface area contributed by atoms with Gasteiger partial charge in [0, 0.05) is 6.20 Å². The second-order valence-corrected chi connectivity index (χ2v) is 10.8. The molecule has 2 heterocycles. The number of phosphoric ester groups is 1. The first-order chi connectivity index (χ1) is 14.3. The largest absolute Gasteiger partial charge is 0.490 e. The molecular formula is C10H15F3N3O12P3S. The third-order valence-electron chi connectivity index (χ3n) is 3.69. The van der Waals surface area contributed by atoms with Crippen molar-refractivity contribution in [1.82, 2.24) is 9.55 Å². The molecule has 0 saturated carbocycles. The van der Waals surface area contributed by atoms with Crippen LogP contribution in [0, 0.1) is 10.7 Å². The number of ether oxygens (including phenoxy) is 1.